The molecule has 0 unspecified atom stereocenters. The first-order valence-corrected chi connectivity index (χ1v) is 6.74. The minimum atomic E-state index is -0.516. The summed E-state index contributed by atoms with van der Waals surface area (Å²) >= 11 is 5.91. The highest BCUT2D eigenvalue weighted by molar-refractivity contribution is 6.30. The van der Waals surface area contributed by atoms with Gasteiger partial charge in [0.25, 0.3) is 0 Å². The smallest absolute Gasteiger partial charge is 0.410 e. The molecule has 1 aliphatic heterocycles. The maximum Gasteiger partial charge on any atom is 0.410 e. The normalized spacial score (nSPS) is 13.1. The van der Waals surface area contributed by atoms with Crippen molar-refractivity contribution < 1.29 is 9.53 Å². The molecule has 6 nitrogen and oxygen atoms in total. The van der Waals surface area contributed by atoms with Crippen molar-refractivity contribution >= 4 is 17.7 Å². The van der Waals surface area contributed by atoms with E-state index >= 15 is 0 Å². The zero-order chi connectivity index (χ0) is 14.8. The number of nitrogens with zero attached hydrogens (tertiary/aromatic N) is 2. The van der Waals surface area contributed by atoms with Crippen molar-refractivity contribution in [2.75, 3.05) is 0 Å². The number of aromatic nitrogens is 2. The van der Waals surface area contributed by atoms with Gasteiger partial charge in [-0.1, -0.05) is 41.9 Å². The van der Waals surface area contributed by atoms with Gasteiger partial charge >= 0.3 is 11.8 Å². The predicted octanol–water partition coefficient (Wildman–Crippen LogP) is 2.08. The second-order valence-corrected chi connectivity index (χ2v) is 5.04. The molecule has 1 amide bonds. The van der Waals surface area contributed by atoms with Crippen LogP contribution in [0.25, 0.3) is 0 Å². The number of hydrogen-bond acceptors (Lipinski definition) is 4. The van der Waals surface area contributed by atoms with Crippen LogP contribution in [0.3, 0.4) is 0 Å². The standard InChI is InChI=1S/C14H12ClN3O3/c15-12-10-6-18(7-11(10)16-13(19)17-12)14(20)21-8-9-4-2-1-3-5-9/h1-5H,6-8H2,(H,16,17,19). The lowest BCUT2D eigenvalue weighted by Gasteiger charge is -2.15. The number of rotatable bonds is 2. The van der Waals surface area contributed by atoms with Gasteiger partial charge in [-0.3, -0.25) is 4.90 Å². The molecule has 0 fully saturated rings. The molecule has 0 radical (unpaired) electrons. The number of hydrogen-bond donors (Lipinski definition) is 1. The molecule has 1 aromatic heterocycles. The summed E-state index contributed by atoms with van der Waals surface area (Å²) in [6, 6.07) is 9.42. The van der Waals surface area contributed by atoms with Gasteiger partial charge in [-0.25, -0.2) is 9.59 Å². The number of fused-ring (bicyclic) bond motifs is 1. The lowest BCUT2D eigenvalue weighted by atomic mass is 10.2. The fourth-order valence-corrected chi connectivity index (χ4v) is 2.44. The van der Waals surface area contributed by atoms with E-state index in [2.05, 4.69) is 9.97 Å². The summed E-state index contributed by atoms with van der Waals surface area (Å²) in [5.74, 6) is 0. The molecule has 0 saturated carbocycles. The lowest BCUT2D eigenvalue weighted by molar-refractivity contribution is 0.0953. The summed E-state index contributed by atoms with van der Waals surface area (Å²) in [6.07, 6.45) is -0.452. The first kappa shape index (κ1) is 13.6. The Labute approximate surface area is 125 Å². The second kappa shape index (κ2) is 5.57. The minimum Gasteiger partial charge on any atom is -0.445 e. The molecule has 2 aromatic rings. The molecule has 1 N–H and O–H groups in total. The van der Waals surface area contributed by atoms with Crippen molar-refractivity contribution in [3.63, 3.8) is 0 Å². The van der Waals surface area contributed by atoms with Crippen LogP contribution in [0.2, 0.25) is 5.15 Å². The summed E-state index contributed by atoms with van der Waals surface area (Å²) in [5, 5.41) is 0.132. The molecule has 7 heteroatoms. The molecule has 0 spiro atoms. The number of carbonyl (C=O) groups excluding carboxylic acids is 1. The van der Waals surface area contributed by atoms with Crippen LogP contribution in [0.15, 0.2) is 35.1 Å². The largest absolute Gasteiger partial charge is 0.445 e. The number of aromatic amines is 1. The van der Waals surface area contributed by atoms with Crippen LogP contribution in [-0.2, 0) is 24.4 Å². The van der Waals surface area contributed by atoms with Gasteiger partial charge in [-0.2, -0.15) is 4.98 Å². The third kappa shape index (κ3) is 2.90. The Kier molecular flexibility index (Phi) is 3.62. The van der Waals surface area contributed by atoms with Crippen molar-refractivity contribution in [2.24, 2.45) is 0 Å². The van der Waals surface area contributed by atoms with Crippen molar-refractivity contribution in [1.82, 2.24) is 14.9 Å². The topological polar surface area (TPSA) is 75.3 Å². The summed E-state index contributed by atoms with van der Waals surface area (Å²) in [4.78, 5) is 30.9. The van der Waals surface area contributed by atoms with E-state index in [0.29, 0.717) is 11.3 Å². The van der Waals surface area contributed by atoms with E-state index < -0.39 is 11.8 Å². The quantitative estimate of drug-likeness (QED) is 0.862. The van der Waals surface area contributed by atoms with Gasteiger partial charge in [0.2, 0.25) is 0 Å². The molecular weight excluding hydrogens is 294 g/mol. The number of carbonyl (C=O) groups is 1. The molecule has 2 heterocycles. The van der Waals surface area contributed by atoms with Gasteiger partial charge in [0.05, 0.1) is 13.1 Å². The van der Waals surface area contributed by atoms with E-state index in [0.717, 1.165) is 5.56 Å². The third-order valence-electron chi connectivity index (χ3n) is 3.23. The van der Waals surface area contributed by atoms with E-state index in [-0.39, 0.29) is 24.8 Å². The number of benzene rings is 1. The summed E-state index contributed by atoms with van der Waals surface area (Å²) in [7, 11) is 0. The first-order valence-electron chi connectivity index (χ1n) is 6.36. The summed E-state index contributed by atoms with van der Waals surface area (Å²) in [6.45, 7) is 0.751. The summed E-state index contributed by atoms with van der Waals surface area (Å²) in [5.41, 5.74) is 1.67. The van der Waals surface area contributed by atoms with Crippen LogP contribution < -0.4 is 5.69 Å². The Morgan fingerprint density at radius 2 is 2.10 bits per heavy atom. The van der Waals surface area contributed by atoms with Crippen LogP contribution in [0.4, 0.5) is 4.79 Å². The molecule has 108 valence electrons. The fraction of sp³-hybridized carbons (Fsp3) is 0.214. The SMILES string of the molecule is O=C(OCc1ccccc1)N1Cc2[nH]c(=O)nc(Cl)c2C1. The number of H-pyrrole nitrogens is 1. The summed E-state index contributed by atoms with van der Waals surface area (Å²) < 4.78 is 5.24. The van der Waals surface area contributed by atoms with E-state index in [9.17, 15) is 9.59 Å². The number of halogens is 1. The van der Waals surface area contributed by atoms with Crippen molar-refractivity contribution in [2.45, 2.75) is 19.7 Å². The van der Waals surface area contributed by atoms with Gasteiger partial charge in [0.1, 0.15) is 11.8 Å². The molecule has 0 atom stereocenters. The highest BCUT2D eigenvalue weighted by atomic mass is 35.5. The zero-order valence-electron chi connectivity index (χ0n) is 11.0. The van der Waals surface area contributed by atoms with Gasteiger partial charge in [0.15, 0.2) is 0 Å². The first-order chi connectivity index (χ1) is 10.1. The van der Waals surface area contributed by atoms with Gasteiger partial charge < -0.3 is 9.72 Å². The second-order valence-electron chi connectivity index (χ2n) is 4.69. The Morgan fingerprint density at radius 1 is 1.33 bits per heavy atom. The van der Waals surface area contributed by atoms with Crippen LogP contribution in [0.5, 0.6) is 0 Å². The Bertz CT molecular complexity index is 730. The van der Waals surface area contributed by atoms with Gasteiger partial charge in [0, 0.05) is 11.3 Å². The molecule has 1 aromatic carbocycles. The highest BCUT2D eigenvalue weighted by Gasteiger charge is 2.27. The van der Waals surface area contributed by atoms with Crippen molar-refractivity contribution in [3.8, 4) is 0 Å². The third-order valence-corrected chi connectivity index (χ3v) is 3.54. The molecule has 1 aliphatic rings. The predicted molar refractivity (Wildman–Crippen MR) is 75.7 cm³/mol. The monoisotopic (exact) mass is 305 g/mol. The van der Waals surface area contributed by atoms with E-state index in [1.807, 2.05) is 30.3 Å². The number of amides is 1. The van der Waals surface area contributed by atoms with Crippen molar-refractivity contribution in [3.05, 3.63) is 62.8 Å². The average Bonchev–Trinajstić information content (AvgIpc) is 2.90. The minimum absolute atomic E-state index is 0.132. The average molecular weight is 306 g/mol. The van der Waals surface area contributed by atoms with Gasteiger partial charge in [-0.15, -0.1) is 0 Å². The number of ether oxygens (including phenoxy) is 1. The Hall–Kier alpha value is -2.34. The Balaban J connectivity index is 1.66. The highest BCUT2D eigenvalue weighted by Crippen LogP contribution is 2.25. The van der Waals surface area contributed by atoms with Crippen LogP contribution >= 0.6 is 11.6 Å². The lowest BCUT2D eigenvalue weighted by Crippen LogP contribution is -2.26. The molecule has 0 saturated heterocycles. The van der Waals surface area contributed by atoms with E-state index in [4.69, 9.17) is 16.3 Å². The maximum atomic E-state index is 12.0. The molecule has 0 bridgehead atoms. The van der Waals surface area contributed by atoms with Gasteiger partial charge in [-0.05, 0) is 5.56 Å². The van der Waals surface area contributed by atoms with Crippen LogP contribution in [0, 0.1) is 0 Å². The zero-order valence-corrected chi connectivity index (χ0v) is 11.8. The van der Waals surface area contributed by atoms with Crippen LogP contribution in [0.1, 0.15) is 16.8 Å². The number of nitrogens with one attached hydrogen (secondary N) is 1. The van der Waals surface area contributed by atoms with Crippen LogP contribution in [-0.4, -0.2) is 21.0 Å². The van der Waals surface area contributed by atoms with E-state index in [1.165, 1.54) is 4.90 Å². The fourth-order valence-electron chi connectivity index (χ4n) is 2.19. The molecule has 3 rings (SSSR count). The molecule has 0 aliphatic carbocycles. The maximum absolute atomic E-state index is 12.0. The van der Waals surface area contributed by atoms with Crippen molar-refractivity contribution in [1.29, 1.82) is 0 Å². The Morgan fingerprint density at radius 3 is 2.86 bits per heavy atom. The molecule has 21 heavy (non-hydrogen) atoms. The van der Waals surface area contributed by atoms with E-state index in [1.54, 1.807) is 0 Å². The molecular formula is C14H12ClN3O3.